The number of aliphatic hydroxyl groups excluding tert-OH is 1. The zero-order valence-electron chi connectivity index (χ0n) is 13.8. The Bertz CT molecular complexity index is 668. The van der Waals surface area contributed by atoms with E-state index in [9.17, 15) is 5.11 Å². The van der Waals surface area contributed by atoms with Crippen molar-refractivity contribution in [1.82, 2.24) is 0 Å². The van der Waals surface area contributed by atoms with Crippen molar-refractivity contribution in [3.8, 4) is 11.1 Å². The Morgan fingerprint density at radius 2 is 1.58 bits per heavy atom. The molecule has 0 heterocycles. The lowest BCUT2D eigenvalue weighted by molar-refractivity contribution is -0.662. The summed E-state index contributed by atoms with van der Waals surface area (Å²) in [4.78, 5) is 5.44. The number of nitrogens with two attached hydrogens (primary N) is 1. The third-order valence-corrected chi connectivity index (χ3v) is 4.04. The molecular weight excluding hydrogens is 304 g/mol. The first-order chi connectivity index (χ1) is 11.8. The fourth-order valence-corrected chi connectivity index (χ4v) is 2.86. The molecule has 1 aliphatic carbocycles. The van der Waals surface area contributed by atoms with E-state index in [-0.39, 0.29) is 6.61 Å². The molecule has 0 radical (unpaired) electrons. The summed E-state index contributed by atoms with van der Waals surface area (Å²) < 4.78 is 4.97. The van der Waals surface area contributed by atoms with Crippen LogP contribution in [-0.2, 0) is 9.57 Å². The molecule has 0 saturated carbocycles. The van der Waals surface area contributed by atoms with E-state index in [2.05, 4.69) is 17.3 Å². The summed E-state index contributed by atoms with van der Waals surface area (Å²) in [6.07, 6.45) is -0.557. The zero-order valence-corrected chi connectivity index (χ0v) is 13.8. The van der Waals surface area contributed by atoms with Gasteiger partial charge in [0.15, 0.2) is 0 Å². The molecule has 0 unspecified atom stereocenters. The van der Waals surface area contributed by atoms with Crippen molar-refractivity contribution in [1.29, 1.82) is 0 Å². The lowest BCUT2D eigenvalue weighted by Crippen LogP contribution is -2.87. The van der Waals surface area contributed by atoms with Crippen LogP contribution < -0.4 is 5.32 Å². The first-order valence-corrected chi connectivity index (χ1v) is 8.19. The second kappa shape index (κ2) is 8.06. The largest absolute Gasteiger partial charge is 0.392 e. The lowest BCUT2D eigenvalue weighted by Gasteiger charge is -2.09. The maximum atomic E-state index is 9.95. The van der Waals surface area contributed by atoms with Gasteiger partial charge in [-0.25, -0.2) is 0 Å². The molecule has 2 aromatic carbocycles. The Morgan fingerprint density at radius 1 is 1.00 bits per heavy atom. The number of ether oxygens (including phenoxy) is 1. The van der Waals surface area contributed by atoms with E-state index < -0.39 is 6.10 Å². The lowest BCUT2D eigenvalue weighted by atomic mass is 10.1. The van der Waals surface area contributed by atoms with E-state index >= 15 is 0 Å². The quantitative estimate of drug-likeness (QED) is 0.479. The topological polar surface area (TPSA) is 67.7 Å². The molecule has 1 aliphatic rings. The second-order valence-electron chi connectivity index (χ2n) is 5.79. The molecule has 0 aliphatic heterocycles. The number of rotatable bonds is 8. The molecule has 0 saturated heterocycles. The van der Waals surface area contributed by atoms with Crippen LogP contribution in [0.25, 0.3) is 11.1 Å². The fourth-order valence-electron chi connectivity index (χ4n) is 2.86. The van der Waals surface area contributed by atoms with Crippen LogP contribution in [0.15, 0.2) is 53.7 Å². The molecule has 0 aromatic heterocycles. The molecule has 1 atom stereocenters. The van der Waals surface area contributed by atoms with Gasteiger partial charge in [-0.05, 0) is 11.1 Å². The monoisotopic (exact) mass is 327 g/mol. The number of benzene rings is 2. The van der Waals surface area contributed by atoms with E-state index in [4.69, 9.17) is 9.57 Å². The van der Waals surface area contributed by atoms with Crippen LogP contribution in [0.1, 0.15) is 11.1 Å². The van der Waals surface area contributed by atoms with Gasteiger partial charge in [0, 0.05) is 18.2 Å². The van der Waals surface area contributed by atoms with Crippen LogP contribution >= 0.6 is 0 Å². The normalized spacial score (nSPS) is 13.3. The number of aliphatic hydroxyl groups is 1. The Kier molecular flexibility index (Phi) is 5.59. The summed E-state index contributed by atoms with van der Waals surface area (Å²) in [7, 11) is 1.67. The first-order valence-electron chi connectivity index (χ1n) is 8.19. The van der Waals surface area contributed by atoms with Crippen molar-refractivity contribution in [2.45, 2.75) is 6.10 Å². The highest BCUT2D eigenvalue weighted by molar-refractivity contribution is 6.24. The van der Waals surface area contributed by atoms with Crippen molar-refractivity contribution >= 4 is 5.71 Å². The van der Waals surface area contributed by atoms with Crippen molar-refractivity contribution in [3.63, 3.8) is 0 Å². The summed E-state index contributed by atoms with van der Waals surface area (Å²) in [5.74, 6) is 0. The third-order valence-electron chi connectivity index (χ3n) is 4.04. The molecule has 0 bridgehead atoms. The van der Waals surface area contributed by atoms with Gasteiger partial charge in [-0.15, -0.1) is 0 Å². The Morgan fingerprint density at radius 3 is 2.17 bits per heavy atom. The van der Waals surface area contributed by atoms with E-state index in [0.29, 0.717) is 13.2 Å². The molecule has 0 amide bonds. The Balaban J connectivity index is 1.65. The number of quaternary nitrogens is 1. The van der Waals surface area contributed by atoms with Gasteiger partial charge in [0.2, 0.25) is 0 Å². The van der Waals surface area contributed by atoms with Crippen molar-refractivity contribution in [3.05, 3.63) is 59.7 Å². The van der Waals surface area contributed by atoms with Gasteiger partial charge in [0.25, 0.3) is 0 Å². The van der Waals surface area contributed by atoms with Crippen LogP contribution in [0, 0.1) is 0 Å². The minimum Gasteiger partial charge on any atom is -0.392 e. The van der Waals surface area contributed by atoms with E-state index in [1.807, 2.05) is 41.7 Å². The van der Waals surface area contributed by atoms with Gasteiger partial charge in [0.1, 0.15) is 25.0 Å². The highest BCUT2D eigenvalue weighted by atomic mass is 16.6. The van der Waals surface area contributed by atoms with Crippen molar-refractivity contribution in [2.75, 3.05) is 33.4 Å². The molecule has 3 N–H and O–H groups in total. The molecule has 0 spiro atoms. The minimum absolute atomic E-state index is 0.178. The number of nitrogens with zero attached hydrogens (tertiary/aromatic N) is 1. The predicted molar refractivity (Wildman–Crippen MR) is 93.0 cm³/mol. The number of methoxy groups -OCH3 is 1. The minimum atomic E-state index is -0.557. The van der Waals surface area contributed by atoms with E-state index in [1.54, 1.807) is 7.11 Å². The highest BCUT2D eigenvalue weighted by Crippen LogP contribution is 2.36. The van der Waals surface area contributed by atoms with Gasteiger partial charge in [-0.2, -0.15) is 0 Å². The van der Waals surface area contributed by atoms with Crippen molar-refractivity contribution in [2.24, 2.45) is 5.16 Å². The predicted octanol–water partition coefficient (Wildman–Crippen LogP) is 1.01. The third kappa shape index (κ3) is 3.64. The van der Waals surface area contributed by atoms with Crippen LogP contribution in [0.2, 0.25) is 0 Å². The molecule has 5 nitrogen and oxygen atoms in total. The number of hydrogen-bond acceptors (Lipinski definition) is 4. The maximum absolute atomic E-state index is 9.95. The first kappa shape index (κ1) is 16.6. The molecule has 24 heavy (non-hydrogen) atoms. The second-order valence-corrected chi connectivity index (χ2v) is 5.79. The Hall–Kier alpha value is -2.21. The van der Waals surface area contributed by atoms with Crippen LogP contribution in [0.4, 0.5) is 0 Å². The van der Waals surface area contributed by atoms with E-state index in [0.717, 1.165) is 23.4 Å². The average molecular weight is 327 g/mol. The Labute approximate surface area is 141 Å². The fraction of sp³-hybridized carbons (Fsp3) is 0.316. The summed E-state index contributed by atoms with van der Waals surface area (Å²) >= 11 is 0. The van der Waals surface area contributed by atoms with Crippen LogP contribution in [0.3, 0.4) is 0 Å². The molecule has 3 rings (SSSR count). The zero-order chi connectivity index (χ0) is 16.8. The van der Waals surface area contributed by atoms with Crippen LogP contribution in [-0.4, -0.2) is 50.3 Å². The standard InChI is InChI=1S/C19H22N2O3/c1-23-11-10-20-12-14(22)13-24-21-19-17-8-4-2-6-15(17)16-7-3-5-9-18(16)19/h2-9,14,20,22H,10-13H2,1H3/p+1/t14-/m0/s1. The van der Waals surface area contributed by atoms with Crippen LogP contribution in [0.5, 0.6) is 0 Å². The number of hydrogen-bond donors (Lipinski definition) is 2. The SMILES string of the molecule is COCC[NH2+]C[C@H](O)CON=C1c2ccccc2-c2ccccc21. The summed E-state index contributed by atoms with van der Waals surface area (Å²) in [5.41, 5.74) is 5.31. The molecule has 0 fully saturated rings. The molecule has 5 heteroatoms. The summed E-state index contributed by atoms with van der Waals surface area (Å²) in [5, 5.41) is 16.3. The van der Waals surface area contributed by atoms with E-state index in [1.165, 1.54) is 11.1 Å². The highest BCUT2D eigenvalue weighted by Gasteiger charge is 2.24. The smallest absolute Gasteiger partial charge is 0.148 e. The number of oxime groups is 1. The van der Waals surface area contributed by atoms with Gasteiger partial charge >= 0.3 is 0 Å². The molecular formula is C19H23N2O3+. The van der Waals surface area contributed by atoms with Gasteiger partial charge in [0.05, 0.1) is 13.2 Å². The maximum Gasteiger partial charge on any atom is 0.148 e. The summed E-state index contributed by atoms with van der Waals surface area (Å²) in [6, 6.07) is 16.3. The average Bonchev–Trinajstić information content (AvgIpc) is 2.93. The summed E-state index contributed by atoms with van der Waals surface area (Å²) in [6.45, 7) is 2.24. The van der Waals surface area contributed by atoms with Gasteiger partial charge in [-0.1, -0.05) is 53.7 Å². The van der Waals surface area contributed by atoms with Crippen molar-refractivity contribution < 1.29 is 20.0 Å². The molecule has 2 aromatic rings. The van der Waals surface area contributed by atoms with Gasteiger partial charge in [-0.3, -0.25) is 0 Å². The number of fused-ring (bicyclic) bond motifs is 3. The van der Waals surface area contributed by atoms with Gasteiger partial charge < -0.3 is 20.0 Å². The molecule has 126 valence electrons.